The van der Waals surface area contributed by atoms with E-state index in [1.54, 1.807) is 0 Å². The number of halogens is 1. The molecule has 1 aromatic rings. The van der Waals surface area contributed by atoms with Crippen LogP contribution in [-0.2, 0) is 5.75 Å². The monoisotopic (exact) mass is 247 g/mol. The van der Waals surface area contributed by atoms with Crippen molar-refractivity contribution in [1.29, 1.82) is 0 Å². The van der Waals surface area contributed by atoms with E-state index < -0.39 is 0 Å². The van der Waals surface area contributed by atoms with Gasteiger partial charge in [-0.1, -0.05) is 12.1 Å². The van der Waals surface area contributed by atoms with E-state index in [1.165, 1.54) is 5.56 Å². The Kier molecular flexibility index (Phi) is 8.67. The fourth-order valence-electron chi connectivity index (χ4n) is 1.12. The molecule has 0 aliphatic carbocycles. The molecule has 0 heterocycles. The van der Waals surface area contributed by atoms with Crippen LogP contribution in [0.2, 0.25) is 0 Å². The molecule has 2 N–H and O–H groups in total. The van der Waals surface area contributed by atoms with Crippen molar-refractivity contribution in [1.82, 2.24) is 0 Å². The van der Waals surface area contributed by atoms with Gasteiger partial charge in [0.25, 0.3) is 0 Å². The first-order valence-corrected chi connectivity index (χ1v) is 6.02. The molecule has 0 saturated carbocycles. The molecule has 4 heteroatoms. The molecular formula is C11H18ClNOS. The minimum absolute atomic E-state index is 0. The summed E-state index contributed by atoms with van der Waals surface area (Å²) in [6, 6.07) is 8.24. The van der Waals surface area contributed by atoms with Gasteiger partial charge >= 0.3 is 0 Å². The lowest BCUT2D eigenvalue weighted by atomic mass is 10.2. The first-order valence-electron chi connectivity index (χ1n) is 4.86. The fourth-order valence-corrected chi connectivity index (χ4v) is 1.86. The molecule has 0 radical (unpaired) electrons. The quantitative estimate of drug-likeness (QED) is 0.786. The standard InChI is InChI=1S/C11H17NOS.ClH/c1-2-13-11-5-3-10(4-6-11)9-14-8-7-12;/h3-6H,2,7-9,12H2,1H3;1H. The summed E-state index contributed by atoms with van der Waals surface area (Å²) in [6.45, 7) is 3.47. The summed E-state index contributed by atoms with van der Waals surface area (Å²) in [5.41, 5.74) is 6.74. The Morgan fingerprint density at radius 3 is 2.47 bits per heavy atom. The van der Waals surface area contributed by atoms with Gasteiger partial charge in [-0.05, 0) is 24.6 Å². The summed E-state index contributed by atoms with van der Waals surface area (Å²) in [6.07, 6.45) is 0. The summed E-state index contributed by atoms with van der Waals surface area (Å²) in [4.78, 5) is 0. The average Bonchev–Trinajstić information content (AvgIpc) is 2.21. The molecule has 0 spiro atoms. The molecule has 0 bridgehead atoms. The molecule has 0 aromatic heterocycles. The second-order valence-electron chi connectivity index (χ2n) is 2.92. The van der Waals surface area contributed by atoms with Crippen LogP contribution in [0.15, 0.2) is 24.3 Å². The largest absolute Gasteiger partial charge is 0.494 e. The lowest BCUT2D eigenvalue weighted by Gasteiger charge is -2.04. The molecule has 15 heavy (non-hydrogen) atoms. The van der Waals surface area contributed by atoms with Crippen LogP contribution in [0.4, 0.5) is 0 Å². The minimum Gasteiger partial charge on any atom is -0.494 e. The molecule has 2 nitrogen and oxygen atoms in total. The average molecular weight is 248 g/mol. The lowest BCUT2D eigenvalue weighted by molar-refractivity contribution is 0.340. The van der Waals surface area contributed by atoms with Gasteiger partial charge in [0.05, 0.1) is 6.61 Å². The van der Waals surface area contributed by atoms with E-state index in [4.69, 9.17) is 10.5 Å². The summed E-state index contributed by atoms with van der Waals surface area (Å²) in [5, 5.41) is 0. The van der Waals surface area contributed by atoms with E-state index in [0.717, 1.165) is 30.4 Å². The van der Waals surface area contributed by atoms with Gasteiger partial charge in [-0.25, -0.2) is 0 Å². The maximum Gasteiger partial charge on any atom is 0.119 e. The third-order valence-corrected chi connectivity index (χ3v) is 2.83. The van der Waals surface area contributed by atoms with Crippen LogP contribution >= 0.6 is 24.2 Å². The number of nitrogens with two attached hydrogens (primary N) is 1. The normalized spacial score (nSPS) is 9.47. The Morgan fingerprint density at radius 1 is 1.27 bits per heavy atom. The van der Waals surface area contributed by atoms with Gasteiger partial charge in [-0.15, -0.1) is 12.4 Å². The number of ether oxygens (including phenoxy) is 1. The highest BCUT2D eigenvalue weighted by Crippen LogP contribution is 2.16. The predicted octanol–water partition coefficient (Wildman–Crippen LogP) is 2.70. The topological polar surface area (TPSA) is 35.2 Å². The molecule has 0 atom stereocenters. The van der Waals surface area contributed by atoms with Crippen LogP contribution in [0.3, 0.4) is 0 Å². The molecule has 0 unspecified atom stereocenters. The number of rotatable bonds is 6. The molecule has 0 fully saturated rings. The van der Waals surface area contributed by atoms with E-state index >= 15 is 0 Å². The highest BCUT2D eigenvalue weighted by molar-refractivity contribution is 7.98. The molecule has 1 rings (SSSR count). The van der Waals surface area contributed by atoms with E-state index in [-0.39, 0.29) is 12.4 Å². The molecule has 0 saturated heterocycles. The minimum atomic E-state index is 0. The van der Waals surface area contributed by atoms with Crippen LogP contribution in [0.1, 0.15) is 12.5 Å². The van der Waals surface area contributed by atoms with Crippen molar-refractivity contribution in [3.05, 3.63) is 29.8 Å². The van der Waals surface area contributed by atoms with Gasteiger partial charge in [-0.2, -0.15) is 11.8 Å². The maximum absolute atomic E-state index is 5.42. The second-order valence-corrected chi connectivity index (χ2v) is 4.02. The summed E-state index contributed by atoms with van der Waals surface area (Å²) in [7, 11) is 0. The Labute approximate surface area is 102 Å². The van der Waals surface area contributed by atoms with Gasteiger partial charge in [0, 0.05) is 18.1 Å². The number of benzene rings is 1. The molecule has 0 amide bonds. The van der Waals surface area contributed by atoms with Crippen LogP contribution < -0.4 is 10.5 Å². The van der Waals surface area contributed by atoms with Crippen molar-refractivity contribution >= 4 is 24.2 Å². The smallest absolute Gasteiger partial charge is 0.119 e. The van der Waals surface area contributed by atoms with E-state index in [9.17, 15) is 0 Å². The van der Waals surface area contributed by atoms with Crippen molar-refractivity contribution in [3.8, 4) is 5.75 Å². The number of hydrogen-bond acceptors (Lipinski definition) is 3. The number of thioether (sulfide) groups is 1. The van der Waals surface area contributed by atoms with Gasteiger partial charge in [0.15, 0.2) is 0 Å². The predicted molar refractivity (Wildman–Crippen MR) is 70.1 cm³/mol. The highest BCUT2D eigenvalue weighted by Gasteiger charge is 1.94. The van der Waals surface area contributed by atoms with E-state index in [2.05, 4.69) is 12.1 Å². The second kappa shape index (κ2) is 8.89. The van der Waals surface area contributed by atoms with Crippen molar-refractivity contribution in [3.63, 3.8) is 0 Å². The molecule has 0 aliphatic heterocycles. The molecule has 86 valence electrons. The van der Waals surface area contributed by atoms with Gasteiger partial charge in [0.1, 0.15) is 5.75 Å². The molecule has 1 aromatic carbocycles. The Morgan fingerprint density at radius 2 is 1.93 bits per heavy atom. The zero-order chi connectivity index (χ0) is 10.2. The van der Waals surface area contributed by atoms with Crippen molar-refractivity contribution in [2.45, 2.75) is 12.7 Å². The SMILES string of the molecule is CCOc1ccc(CSCCN)cc1.Cl. The van der Waals surface area contributed by atoms with Gasteiger partial charge in [-0.3, -0.25) is 0 Å². The van der Waals surface area contributed by atoms with Crippen LogP contribution in [-0.4, -0.2) is 18.9 Å². The Hall–Kier alpha value is -0.380. The van der Waals surface area contributed by atoms with Crippen LogP contribution in [0, 0.1) is 0 Å². The third-order valence-electron chi connectivity index (χ3n) is 1.77. The summed E-state index contributed by atoms with van der Waals surface area (Å²) in [5.74, 6) is 3.00. The van der Waals surface area contributed by atoms with Gasteiger partial charge < -0.3 is 10.5 Å². The lowest BCUT2D eigenvalue weighted by Crippen LogP contribution is -2.01. The van der Waals surface area contributed by atoms with Crippen LogP contribution in [0.25, 0.3) is 0 Å². The van der Waals surface area contributed by atoms with E-state index in [1.807, 2.05) is 30.8 Å². The first-order chi connectivity index (χ1) is 6.86. The van der Waals surface area contributed by atoms with Crippen molar-refractivity contribution in [2.24, 2.45) is 5.73 Å². The zero-order valence-electron chi connectivity index (χ0n) is 8.94. The highest BCUT2D eigenvalue weighted by atomic mass is 35.5. The summed E-state index contributed by atoms with van der Waals surface area (Å²) < 4.78 is 5.36. The Bertz CT molecular complexity index is 253. The number of hydrogen-bond donors (Lipinski definition) is 1. The third kappa shape index (κ3) is 5.92. The summed E-state index contributed by atoms with van der Waals surface area (Å²) >= 11 is 1.86. The van der Waals surface area contributed by atoms with Gasteiger partial charge in [0.2, 0.25) is 0 Å². The van der Waals surface area contributed by atoms with Crippen molar-refractivity contribution < 1.29 is 4.74 Å². The Balaban J connectivity index is 0.00000196. The maximum atomic E-state index is 5.42. The zero-order valence-corrected chi connectivity index (χ0v) is 10.6. The van der Waals surface area contributed by atoms with E-state index in [0.29, 0.717) is 0 Å². The first kappa shape index (κ1) is 14.6. The van der Waals surface area contributed by atoms with Crippen molar-refractivity contribution in [2.75, 3.05) is 18.9 Å². The van der Waals surface area contributed by atoms with Crippen LogP contribution in [0.5, 0.6) is 5.75 Å². The molecular weight excluding hydrogens is 230 g/mol. The molecule has 0 aliphatic rings. The fraction of sp³-hybridized carbons (Fsp3) is 0.455.